The minimum absolute atomic E-state index is 0.432. The Morgan fingerprint density at radius 3 is 1.03 bits per heavy atom. The predicted molar refractivity (Wildman–Crippen MR) is 470 cm³/mol. The second-order valence-corrected chi connectivity index (χ2v) is 31.2. The van der Waals surface area contributed by atoms with Gasteiger partial charge in [0.2, 0.25) is 45.6 Å². The van der Waals surface area contributed by atoms with Crippen LogP contribution in [-0.4, -0.2) is 19.9 Å². The Morgan fingerprint density at radius 2 is 0.670 bits per heavy atom. The van der Waals surface area contributed by atoms with E-state index in [9.17, 15) is 0 Å². The third-order valence-corrected chi connectivity index (χ3v) is 23.4. The van der Waals surface area contributed by atoms with Gasteiger partial charge in [0.25, 0.3) is 0 Å². The Kier molecular flexibility index (Phi) is 16.2. The first kappa shape index (κ1) is 62.7. The molecular weight excluding hydrogens is 1410 g/mol. The van der Waals surface area contributed by atoms with Crippen molar-refractivity contribution < 1.29 is 49.6 Å². The molecular formula is C103H96N8O4+4. The zero-order chi connectivity index (χ0) is 88.0. The molecule has 1 aliphatic carbocycles. The molecule has 12 nitrogen and oxygen atoms in total. The van der Waals surface area contributed by atoms with Gasteiger partial charge in [-0.15, -0.1) is 0 Å². The molecule has 1 saturated carbocycles. The lowest BCUT2D eigenvalue weighted by Crippen LogP contribution is -2.31. The molecule has 568 valence electrons. The summed E-state index contributed by atoms with van der Waals surface area (Å²) in [7, 11) is 7.92. The normalized spacial score (nSPS) is 15.6. The van der Waals surface area contributed by atoms with Gasteiger partial charge in [-0.3, -0.25) is 0 Å². The van der Waals surface area contributed by atoms with Crippen LogP contribution in [0.25, 0.3) is 176 Å². The molecule has 8 aromatic carbocycles. The van der Waals surface area contributed by atoms with Crippen molar-refractivity contribution >= 4 is 131 Å². The van der Waals surface area contributed by atoms with E-state index < -0.39 is 37.3 Å². The second kappa shape index (κ2) is 29.6. The summed E-state index contributed by atoms with van der Waals surface area (Å²) in [5, 5.41) is 17.0. The fourth-order valence-electron chi connectivity index (χ4n) is 17.1. The van der Waals surface area contributed by atoms with Crippen molar-refractivity contribution in [3.63, 3.8) is 0 Å². The molecule has 2 unspecified atom stereocenters. The molecule has 20 aromatic rings. The summed E-state index contributed by atoms with van der Waals surface area (Å²) in [4.78, 5) is 18.5. The van der Waals surface area contributed by atoms with Crippen LogP contribution < -0.4 is 18.3 Å². The molecule has 12 heteroatoms. The average molecular weight is 1520 g/mol. The second-order valence-electron chi connectivity index (χ2n) is 31.2. The zero-order valence-corrected chi connectivity index (χ0v) is 67.1. The smallest absolute Gasteiger partial charge is 0.228 e. The van der Waals surface area contributed by atoms with Gasteiger partial charge in [-0.2, -0.15) is 0 Å². The third-order valence-electron chi connectivity index (χ3n) is 23.4. The van der Waals surface area contributed by atoms with Gasteiger partial charge in [0.15, 0.2) is 47.1 Å². The Labute approximate surface area is 683 Å². The van der Waals surface area contributed by atoms with Crippen molar-refractivity contribution in [2.45, 2.75) is 125 Å². The summed E-state index contributed by atoms with van der Waals surface area (Å²) in [6.07, 6.45) is 17.4. The fourth-order valence-corrected chi connectivity index (χ4v) is 17.1. The predicted octanol–water partition coefficient (Wildman–Crippen LogP) is 25.1. The standard InChI is InChI=1S/C27H25N2O.C26H25N2O.2C25H23N2O/c1-17-11-12-22-25-21-10-6-5-9-20(21)16-28-27(25)30-26(22)24(17)23-15-19(13-14-29(23)2)18-7-3-4-8-18;1-15(2)18-12-13-28(5)22(14-18)23-16(3)10-11-21-24-20-9-7-6-8-19(20)17(4)27-26(24)29-25(21)23;2*1-15(2)17-11-12-27(4)21(13-17)22-16(3)9-10-20-23-19-8-6-5-7-18(19)14-26-25(23)28-24(20)22/h5-6,9-16,18H,3-4,7-8H2,1-2H3;6-15H,1-5H3;2*5-15H,1-4H3/q4*+1/i18D;2*1D3,15D;15D. The number of fused-ring (bicyclic) bond motifs is 20. The minimum Gasteiger partial charge on any atom is -0.437 e. The van der Waals surface area contributed by atoms with Crippen molar-refractivity contribution in [1.29, 1.82) is 0 Å². The number of benzene rings is 8. The highest BCUT2D eigenvalue weighted by Crippen LogP contribution is 2.46. The van der Waals surface area contributed by atoms with Crippen LogP contribution >= 0.6 is 0 Å². The Balaban J connectivity index is 0.000000113. The third kappa shape index (κ3) is 13.0. The summed E-state index contributed by atoms with van der Waals surface area (Å²) in [6, 6.07) is 65.1. The molecule has 0 saturated heterocycles. The number of hydrogen-bond donors (Lipinski definition) is 0. The minimum atomic E-state index is -2.45. The Hall–Kier alpha value is -12.8. The van der Waals surface area contributed by atoms with Gasteiger partial charge in [0.1, 0.15) is 28.2 Å². The molecule has 0 radical (unpaired) electrons. The van der Waals surface area contributed by atoms with Gasteiger partial charge < -0.3 is 17.7 Å². The molecule has 12 heterocycles. The van der Waals surface area contributed by atoms with Crippen molar-refractivity contribution in [2.75, 3.05) is 0 Å². The first-order valence-electron chi connectivity index (χ1n) is 44.3. The number of hydrogen-bond acceptors (Lipinski definition) is 8. The van der Waals surface area contributed by atoms with Crippen molar-refractivity contribution in [1.82, 2.24) is 19.9 Å². The molecule has 1 aliphatic rings. The maximum Gasteiger partial charge on any atom is 0.228 e. The number of nitrogens with zero attached hydrogens (tertiary/aromatic N) is 8. The maximum absolute atomic E-state index is 9.00. The van der Waals surface area contributed by atoms with Gasteiger partial charge in [-0.05, 0) is 137 Å². The van der Waals surface area contributed by atoms with E-state index in [1.807, 2.05) is 150 Å². The Bertz CT molecular complexity index is 7800. The summed E-state index contributed by atoms with van der Waals surface area (Å²) >= 11 is 0. The van der Waals surface area contributed by atoms with Gasteiger partial charge in [0.05, 0.1) is 43.8 Å². The topological polar surface area (TPSA) is 120 Å². The number of furan rings is 4. The van der Waals surface area contributed by atoms with Gasteiger partial charge in [-0.1, -0.05) is 200 Å². The number of rotatable bonds is 8. The lowest BCUT2D eigenvalue weighted by atomic mass is 9.94. The quantitative estimate of drug-likeness (QED) is 0.138. The van der Waals surface area contributed by atoms with Crippen molar-refractivity contribution in [3.8, 4) is 45.0 Å². The summed E-state index contributed by atoms with van der Waals surface area (Å²) in [6.45, 7) is 12.0. The van der Waals surface area contributed by atoms with Gasteiger partial charge >= 0.3 is 0 Å². The fraction of sp³-hybridized carbons (Fsp3) is 0.223. The highest BCUT2D eigenvalue weighted by Gasteiger charge is 2.30. The van der Waals surface area contributed by atoms with Crippen LogP contribution in [0.15, 0.2) is 255 Å². The van der Waals surface area contributed by atoms with E-state index in [2.05, 4.69) is 166 Å². The van der Waals surface area contributed by atoms with E-state index in [-0.39, 0.29) is 0 Å². The lowest BCUT2D eigenvalue weighted by molar-refractivity contribution is -0.660. The van der Waals surface area contributed by atoms with E-state index in [1.165, 1.54) is 13.8 Å². The van der Waals surface area contributed by atoms with Crippen LogP contribution in [0.2, 0.25) is 0 Å². The molecule has 1 fully saturated rings. The van der Waals surface area contributed by atoms with Crippen LogP contribution in [0.1, 0.15) is 155 Å². The molecule has 0 spiro atoms. The SMILES string of the molecule is [2H]C(C)(C)c1cc[n+](C)c(-c2c(C)ccc3c2oc2ncc4ccccc4c23)c1.[2H]C([2H])([2H])C([2H])(C)c1cc[n+](C)c(-c2c(C)ccc3c2oc2nc(C)c4ccccc4c23)c1.[2H]C([2H])([2H])C([2H])(C)c1cc[n+](C)c(-c2c(C)ccc3c2oc2ncc4ccccc4c23)c1.[2H]C1(c2cc[n+](C)c(-c3c(C)ccc4c3oc3ncc5ccccc5c34)c2)CCCC1. The van der Waals surface area contributed by atoms with Crippen molar-refractivity contribution in [3.05, 3.63) is 288 Å². The molecule has 12 aromatic heterocycles. The average Bonchev–Trinajstić information content (AvgIpc) is 1.61. The largest absolute Gasteiger partial charge is 0.437 e. The highest BCUT2D eigenvalue weighted by atomic mass is 16.4. The molecule has 0 aliphatic heterocycles. The lowest BCUT2D eigenvalue weighted by Gasteiger charge is -2.11. The number of aryl methyl sites for hydroxylation is 9. The van der Waals surface area contributed by atoms with E-state index in [1.54, 1.807) is 30.5 Å². The van der Waals surface area contributed by atoms with E-state index in [0.717, 1.165) is 207 Å². The van der Waals surface area contributed by atoms with E-state index in [4.69, 9.17) is 36.4 Å². The summed E-state index contributed by atoms with van der Waals surface area (Å²) in [5.41, 5.74) is 21.3. The van der Waals surface area contributed by atoms with Crippen LogP contribution in [0, 0.1) is 34.6 Å². The first-order valence-corrected chi connectivity index (χ1v) is 39.3. The highest BCUT2D eigenvalue weighted by molar-refractivity contribution is 6.23. The molecule has 115 heavy (non-hydrogen) atoms. The van der Waals surface area contributed by atoms with E-state index >= 15 is 0 Å². The number of aromatic nitrogens is 8. The maximum atomic E-state index is 9.00. The van der Waals surface area contributed by atoms with Gasteiger partial charge in [-0.25, -0.2) is 38.2 Å². The van der Waals surface area contributed by atoms with E-state index in [0.29, 0.717) is 45.1 Å². The monoisotopic (exact) mass is 1520 g/mol. The van der Waals surface area contributed by atoms with Crippen molar-refractivity contribution in [2.24, 2.45) is 28.2 Å². The summed E-state index contributed by atoms with van der Waals surface area (Å²) in [5.74, 6) is -4.61. The number of pyridine rings is 8. The molecule has 2 atom stereocenters. The molecule has 0 N–H and O–H groups in total. The summed E-state index contributed by atoms with van der Waals surface area (Å²) < 4.78 is 115. The molecule has 21 rings (SSSR count). The van der Waals surface area contributed by atoms with Crippen LogP contribution in [0.3, 0.4) is 0 Å². The molecule has 0 amide bonds. The van der Waals surface area contributed by atoms with Gasteiger partial charge in [0, 0.05) is 130 Å². The van der Waals surface area contributed by atoms with Crippen LogP contribution in [0.5, 0.6) is 0 Å². The van der Waals surface area contributed by atoms with Crippen LogP contribution in [0.4, 0.5) is 0 Å². The Morgan fingerprint density at radius 1 is 0.357 bits per heavy atom. The molecule has 0 bridgehead atoms. The first-order chi connectivity index (χ1) is 59.5. The van der Waals surface area contributed by atoms with Crippen LogP contribution in [-0.2, 0) is 28.2 Å². The zero-order valence-electron chi connectivity index (χ0n) is 77.1.